The molecule has 0 radical (unpaired) electrons. The lowest BCUT2D eigenvalue weighted by Gasteiger charge is -2.04. The van der Waals surface area contributed by atoms with Crippen molar-refractivity contribution in [3.8, 4) is 11.3 Å². The minimum absolute atomic E-state index is 0.173. The molecule has 8 heteroatoms. The van der Waals surface area contributed by atoms with Crippen LogP contribution in [-0.4, -0.2) is 33.4 Å². The Morgan fingerprint density at radius 2 is 1.76 bits per heavy atom. The number of carbonyl (C=O) groups excluding carboxylic acids is 2. The molecule has 3 aromatic rings. The Balaban J connectivity index is 1.76. The highest BCUT2D eigenvalue weighted by atomic mass is 35.5. The first kappa shape index (κ1) is 20.7. The van der Waals surface area contributed by atoms with Crippen LogP contribution in [0.3, 0.4) is 0 Å². The van der Waals surface area contributed by atoms with Gasteiger partial charge in [-0.15, -0.1) is 0 Å². The van der Waals surface area contributed by atoms with E-state index in [-0.39, 0.29) is 17.7 Å². The van der Waals surface area contributed by atoms with E-state index in [0.29, 0.717) is 35.9 Å². The van der Waals surface area contributed by atoms with Crippen LogP contribution in [0.4, 0.5) is 5.69 Å². The highest BCUT2D eigenvalue weighted by molar-refractivity contribution is 6.30. The van der Waals surface area contributed by atoms with Gasteiger partial charge in [0.05, 0.1) is 17.9 Å². The number of hydrogen-bond acceptors (Lipinski definition) is 4. The Bertz CT molecular complexity index is 1020. The minimum atomic E-state index is -0.364. The molecule has 152 valence electrons. The van der Waals surface area contributed by atoms with E-state index >= 15 is 0 Å². The second-order valence-corrected chi connectivity index (χ2v) is 6.75. The minimum Gasteiger partial charge on any atom is -0.462 e. The zero-order valence-corrected chi connectivity index (χ0v) is 17.3. The number of ether oxygens (including phenoxy) is 1. The largest absolute Gasteiger partial charge is 0.462 e. The molecule has 0 aliphatic rings. The van der Waals surface area contributed by atoms with Gasteiger partial charge >= 0.3 is 5.97 Å². The van der Waals surface area contributed by atoms with Crippen LogP contribution in [0.5, 0.6) is 0 Å². The molecular weight excluding hydrogens is 392 g/mol. The van der Waals surface area contributed by atoms with Crippen molar-refractivity contribution in [1.29, 1.82) is 0 Å². The number of imidazole rings is 1. The molecule has 0 unspecified atom stereocenters. The average molecular weight is 415 g/mol. The maximum absolute atomic E-state index is 12.4. The van der Waals surface area contributed by atoms with Gasteiger partial charge in [0.2, 0.25) is 0 Å². The van der Waals surface area contributed by atoms with E-state index in [2.05, 4.69) is 20.3 Å². The summed E-state index contributed by atoms with van der Waals surface area (Å²) in [5.74, 6) is -0.525. The first-order valence-electron chi connectivity index (χ1n) is 9.51. The van der Waals surface area contributed by atoms with E-state index in [1.165, 1.54) is 0 Å². The molecule has 2 heterocycles. The molecule has 7 nitrogen and oxygen atoms in total. The summed E-state index contributed by atoms with van der Waals surface area (Å²) in [6.45, 7) is 6.01. The molecule has 0 aliphatic heterocycles. The molecule has 0 bridgehead atoms. The van der Waals surface area contributed by atoms with Crippen molar-refractivity contribution in [3.05, 3.63) is 58.3 Å². The van der Waals surface area contributed by atoms with Crippen LogP contribution < -0.4 is 5.32 Å². The van der Waals surface area contributed by atoms with Crippen LogP contribution in [0.1, 0.15) is 53.1 Å². The topological polar surface area (TPSA) is 99.9 Å². The number of aromatic nitrogens is 3. The summed E-state index contributed by atoms with van der Waals surface area (Å²) >= 11 is 5.99. The monoisotopic (exact) mass is 414 g/mol. The maximum Gasteiger partial charge on any atom is 0.339 e. The van der Waals surface area contributed by atoms with Gasteiger partial charge in [-0.05, 0) is 43.5 Å². The van der Waals surface area contributed by atoms with E-state index in [4.69, 9.17) is 16.3 Å². The second-order valence-electron chi connectivity index (χ2n) is 6.39. The SMILES string of the molecule is CCOC(=O)c1cc(-c2ccc(NC(=O)c3nc(Cl)c(CC)[nH]3)cc2)[nH]c1CC. The normalized spacial score (nSPS) is 10.8. The van der Waals surface area contributed by atoms with Crippen LogP contribution in [-0.2, 0) is 17.6 Å². The molecule has 0 saturated heterocycles. The summed E-state index contributed by atoms with van der Waals surface area (Å²) in [5.41, 5.74) is 4.43. The van der Waals surface area contributed by atoms with Crippen LogP contribution in [0.2, 0.25) is 5.15 Å². The third-order valence-corrected chi connectivity index (χ3v) is 4.81. The van der Waals surface area contributed by atoms with E-state index in [9.17, 15) is 9.59 Å². The van der Waals surface area contributed by atoms with Crippen molar-refractivity contribution in [2.75, 3.05) is 11.9 Å². The lowest BCUT2D eigenvalue weighted by atomic mass is 10.1. The molecule has 3 rings (SSSR count). The zero-order valence-electron chi connectivity index (χ0n) is 16.6. The third kappa shape index (κ3) is 4.51. The number of esters is 1. The fraction of sp³-hybridized carbons (Fsp3) is 0.286. The number of anilines is 1. The van der Waals surface area contributed by atoms with Crippen LogP contribution in [0.25, 0.3) is 11.3 Å². The number of nitrogens with zero attached hydrogens (tertiary/aromatic N) is 1. The smallest absolute Gasteiger partial charge is 0.339 e. The van der Waals surface area contributed by atoms with Crippen LogP contribution in [0, 0.1) is 0 Å². The third-order valence-electron chi connectivity index (χ3n) is 4.50. The van der Waals surface area contributed by atoms with Gasteiger partial charge in [-0.2, -0.15) is 0 Å². The van der Waals surface area contributed by atoms with Crippen LogP contribution >= 0.6 is 11.6 Å². The number of halogens is 1. The van der Waals surface area contributed by atoms with Gasteiger partial charge in [-0.25, -0.2) is 9.78 Å². The highest BCUT2D eigenvalue weighted by Crippen LogP contribution is 2.25. The molecule has 0 saturated carbocycles. The van der Waals surface area contributed by atoms with E-state index in [0.717, 1.165) is 22.6 Å². The fourth-order valence-corrected chi connectivity index (χ4v) is 3.24. The summed E-state index contributed by atoms with van der Waals surface area (Å²) in [4.78, 5) is 34.7. The predicted molar refractivity (Wildman–Crippen MR) is 112 cm³/mol. The molecule has 0 spiro atoms. The molecule has 0 atom stereocenters. The molecule has 1 amide bonds. The predicted octanol–water partition coefficient (Wildman–Crippen LogP) is 4.61. The number of hydrogen-bond donors (Lipinski definition) is 3. The van der Waals surface area contributed by atoms with Crippen molar-refractivity contribution in [3.63, 3.8) is 0 Å². The van der Waals surface area contributed by atoms with Gasteiger partial charge in [0.15, 0.2) is 11.0 Å². The van der Waals surface area contributed by atoms with Gasteiger partial charge < -0.3 is 20.0 Å². The summed E-state index contributed by atoms with van der Waals surface area (Å²) in [6.07, 6.45) is 1.35. The molecular formula is C21H23ClN4O3. The Morgan fingerprint density at radius 3 is 2.34 bits per heavy atom. The number of rotatable bonds is 7. The lowest BCUT2D eigenvalue weighted by Crippen LogP contribution is -2.13. The summed E-state index contributed by atoms with van der Waals surface area (Å²) in [5, 5.41) is 3.10. The number of H-pyrrole nitrogens is 2. The Labute approximate surface area is 173 Å². The number of amides is 1. The van der Waals surface area contributed by atoms with E-state index < -0.39 is 0 Å². The van der Waals surface area contributed by atoms with Crippen molar-refractivity contribution in [1.82, 2.24) is 15.0 Å². The van der Waals surface area contributed by atoms with Crippen molar-refractivity contribution >= 4 is 29.2 Å². The summed E-state index contributed by atoms with van der Waals surface area (Å²) in [6, 6.07) is 9.09. The van der Waals surface area contributed by atoms with Gasteiger partial charge in [0, 0.05) is 17.1 Å². The van der Waals surface area contributed by atoms with Crippen molar-refractivity contribution < 1.29 is 14.3 Å². The second kappa shape index (κ2) is 8.96. The van der Waals surface area contributed by atoms with E-state index in [1.807, 2.05) is 26.0 Å². The molecule has 0 fully saturated rings. The standard InChI is InChI=1S/C21H23ClN4O3/c1-4-15-14(21(28)29-6-3)11-17(24-15)12-7-9-13(10-8-12)23-20(27)19-25-16(5-2)18(22)26-19/h7-11,24H,4-6H2,1-3H3,(H,23,27)(H,25,26). The Morgan fingerprint density at radius 1 is 1.07 bits per heavy atom. The van der Waals surface area contributed by atoms with Gasteiger partial charge in [-0.3, -0.25) is 4.79 Å². The molecule has 3 N–H and O–H groups in total. The quantitative estimate of drug-likeness (QED) is 0.491. The first-order valence-corrected chi connectivity index (χ1v) is 9.89. The van der Waals surface area contributed by atoms with Crippen molar-refractivity contribution in [2.45, 2.75) is 33.6 Å². The van der Waals surface area contributed by atoms with Crippen molar-refractivity contribution in [2.24, 2.45) is 0 Å². The number of aromatic amines is 2. The Hall–Kier alpha value is -3.06. The highest BCUT2D eigenvalue weighted by Gasteiger charge is 2.17. The number of carbonyl (C=O) groups is 2. The number of nitrogens with one attached hydrogen (secondary N) is 3. The molecule has 2 aromatic heterocycles. The molecule has 1 aromatic carbocycles. The fourth-order valence-electron chi connectivity index (χ4n) is 2.98. The average Bonchev–Trinajstić information content (AvgIpc) is 3.32. The number of aryl methyl sites for hydroxylation is 2. The molecule has 29 heavy (non-hydrogen) atoms. The summed E-state index contributed by atoms with van der Waals surface area (Å²) < 4.78 is 5.12. The zero-order chi connectivity index (χ0) is 21.0. The van der Waals surface area contributed by atoms with Gasteiger partial charge in [0.1, 0.15) is 0 Å². The lowest BCUT2D eigenvalue weighted by molar-refractivity contribution is 0.0525. The maximum atomic E-state index is 12.4. The first-order chi connectivity index (χ1) is 14.0. The van der Waals surface area contributed by atoms with Crippen LogP contribution in [0.15, 0.2) is 30.3 Å². The Kier molecular flexibility index (Phi) is 6.39. The van der Waals surface area contributed by atoms with Gasteiger partial charge in [-0.1, -0.05) is 37.6 Å². The van der Waals surface area contributed by atoms with E-state index in [1.54, 1.807) is 25.1 Å². The summed E-state index contributed by atoms with van der Waals surface area (Å²) in [7, 11) is 0. The van der Waals surface area contributed by atoms with Gasteiger partial charge in [0.25, 0.3) is 5.91 Å². The molecule has 0 aliphatic carbocycles. The number of benzene rings is 1.